The number of nitrogens with one attached hydrogen (secondary N) is 1. The summed E-state index contributed by atoms with van der Waals surface area (Å²) in [5.41, 5.74) is 1.03. The largest absolute Gasteiger partial charge is 0.374 e. The zero-order valence-corrected chi connectivity index (χ0v) is 12.7. The maximum Gasteiger partial charge on any atom is 0.0826 e. The maximum atomic E-state index is 6.13. The minimum Gasteiger partial charge on any atom is -0.374 e. The Balaban J connectivity index is 1.78. The number of nitrogens with zero attached hydrogens (tertiary/aromatic N) is 1. The van der Waals surface area contributed by atoms with Gasteiger partial charge in [0, 0.05) is 36.2 Å². The van der Waals surface area contributed by atoms with Crippen LogP contribution in [0.1, 0.15) is 12.5 Å². The summed E-state index contributed by atoms with van der Waals surface area (Å²) in [5.74, 6) is 0. The lowest BCUT2D eigenvalue weighted by atomic mass is 10.2. The van der Waals surface area contributed by atoms with Crippen LogP contribution < -0.4 is 5.32 Å². The number of hydrogen-bond donors (Lipinski definition) is 1. The second kappa shape index (κ2) is 7.46. The van der Waals surface area contributed by atoms with Crippen LogP contribution in [0.5, 0.6) is 0 Å². The van der Waals surface area contributed by atoms with Gasteiger partial charge in [0.1, 0.15) is 0 Å². The average Bonchev–Trinajstić information content (AvgIpc) is 2.43. The lowest BCUT2D eigenvalue weighted by Crippen LogP contribution is -2.46. The van der Waals surface area contributed by atoms with Gasteiger partial charge in [0.05, 0.1) is 12.7 Å². The molecule has 0 amide bonds. The Kier molecular flexibility index (Phi) is 5.92. The molecule has 0 spiro atoms. The molecule has 1 heterocycles. The molecule has 1 fully saturated rings. The second-order valence-corrected chi connectivity index (χ2v) is 5.60. The maximum absolute atomic E-state index is 6.13. The Morgan fingerprint density at radius 2 is 2.26 bits per heavy atom. The van der Waals surface area contributed by atoms with Crippen LogP contribution in [0, 0.1) is 0 Å². The van der Waals surface area contributed by atoms with Gasteiger partial charge in [0.25, 0.3) is 0 Å². The molecule has 0 radical (unpaired) electrons. The number of halogens is 2. The first-order valence-corrected chi connectivity index (χ1v) is 7.43. The molecule has 0 bridgehead atoms. The van der Waals surface area contributed by atoms with Crippen LogP contribution in [0.2, 0.25) is 10.0 Å². The van der Waals surface area contributed by atoms with Gasteiger partial charge in [-0.1, -0.05) is 30.1 Å². The molecule has 19 heavy (non-hydrogen) atoms. The highest BCUT2D eigenvalue weighted by Gasteiger charge is 2.18. The third-order valence-electron chi connectivity index (χ3n) is 3.37. The fraction of sp³-hybridized carbons (Fsp3) is 0.571. The lowest BCUT2D eigenvalue weighted by Gasteiger charge is -2.32. The average molecular weight is 303 g/mol. The first-order valence-electron chi connectivity index (χ1n) is 6.67. The Morgan fingerprint density at radius 1 is 1.42 bits per heavy atom. The normalized spacial score (nSPS) is 20.7. The van der Waals surface area contributed by atoms with Gasteiger partial charge in [-0.3, -0.25) is 4.90 Å². The second-order valence-electron chi connectivity index (χ2n) is 4.75. The monoisotopic (exact) mass is 302 g/mol. The van der Waals surface area contributed by atoms with Crippen molar-refractivity contribution < 1.29 is 4.74 Å². The van der Waals surface area contributed by atoms with E-state index in [0.717, 1.165) is 43.4 Å². The molecule has 1 aromatic rings. The summed E-state index contributed by atoms with van der Waals surface area (Å²) in [6.07, 6.45) is 0.256. The van der Waals surface area contributed by atoms with E-state index in [2.05, 4.69) is 17.1 Å². The van der Waals surface area contributed by atoms with Gasteiger partial charge in [-0.25, -0.2) is 0 Å². The van der Waals surface area contributed by atoms with E-state index in [-0.39, 0.29) is 6.10 Å². The Bertz CT molecular complexity index is 414. The van der Waals surface area contributed by atoms with E-state index in [1.165, 1.54) is 0 Å². The molecule has 0 aromatic heterocycles. The third-order valence-corrected chi connectivity index (χ3v) is 3.97. The molecular weight excluding hydrogens is 283 g/mol. The molecule has 1 atom stereocenters. The Hall–Kier alpha value is -0.320. The highest BCUT2D eigenvalue weighted by Crippen LogP contribution is 2.20. The van der Waals surface area contributed by atoms with Crippen LogP contribution in [-0.4, -0.2) is 43.8 Å². The summed E-state index contributed by atoms with van der Waals surface area (Å²) in [4.78, 5) is 2.40. The molecule has 1 aliphatic heterocycles. The molecule has 2 rings (SSSR count). The van der Waals surface area contributed by atoms with E-state index < -0.39 is 0 Å². The van der Waals surface area contributed by atoms with Gasteiger partial charge >= 0.3 is 0 Å². The van der Waals surface area contributed by atoms with Crippen molar-refractivity contribution in [2.75, 3.05) is 32.8 Å². The topological polar surface area (TPSA) is 24.5 Å². The molecule has 1 unspecified atom stereocenters. The summed E-state index contributed by atoms with van der Waals surface area (Å²) >= 11 is 12.1. The summed E-state index contributed by atoms with van der Waals surface area (Å²) in [6.45, 7) is 7.66. The highest BCUT2D eigenvalue weighted by atomic mass is 35.5. The van der Waals surface area contributed by atoms with Gasteiger partial charge in [-0.05, 0) is 30.3 Å². The van der Waals surface area contributed by atoms with Gasteiger partial charge in [0.15, 0.2) is 0 Å². The van der Waals surface area contributed by atoms with E-state index >= 15 is 0 Å². The molecule has 106 valence electrons. The summed E-state index contributed by atoms with van der Waals surface area (Å²) in [6, 6.07) is 5.53. The molecule has 3 nitrogen and oxygen atoms in total. The van der Waals surface area contributed by atoms with E-state index in [1.807, 2.05) is 12.1 Å². The van der Waals surface area contributed by atoms with Crippen molar-refractivity contribution in [2.45, 2.75) is 19.6 Å². The van der Waals surface area contributed by atoms with E-state index in [1.54, 1.807) is 6.07 Å². The van der Waals surface area contributed by atoms with E-state index in [0.29, 0.717) is 11.6 Å². The predicted octanol–water partition coefficient (Wildman–Crippen LogP) is 2.80. The SMILES string of the molecule is CCN1CCOC(CNCc2cc(Cl)ccc2Cl)C1. The van der Waals surface area contributed by atoms with Crippen molar-refractivity contribution in [2.24, 2.45) is 0 Å². The minimum absolute atomic E-state index is 0.256. The number of likely N-dealkylation sites (N-methyl/N-ethyl adjacent to an activating group) is 1. The number of rotatable bonds is 5. The minimum atomic E-state index is 0.256. The van der Waals surface area contributed by atoms with Crippen molar-refractivity contribution in [1.29, 1.82) is 0 Å². The predicted molar refractivity (Wildman–Crippen MR) is 80.0 cm³/mol. The smallest absolute Gasteiger partial charge is 0.0826 e. The van der Waals surface area contributed by atoms with Crippen molar-refractivity contribution in [1.82, 2.24) is 10.2 Å². The van der Waals surface area contributed by atoms with Crippen molar-refractivity contribution in [3.63, 3.8) is 0 Å². The van der Waals surface area contributed by atoms with Gasteiger partial charge < -0.3 is 10.1 Å². The first-order chi connectivity index (χ1) is 9.19. The summed E-state index contributed by atoms with van der Waals surface area (Å²) in [7, 11) is 0. The number of morpholine rings is 1. The van der Waals surface area contributed by atoms with Gasteiger partial charge in [0.2, 0.25) is 0 Å². The first kappa shape index (κ1) is 15.1. The number of benzene rings is 1. The number of hydrogen-bond acceptors (Lipinski definition) is 3. The standard InChI is InChI=1S/C14H20Cl2N2O/c1-2-18-5-6-19-13(10-18)9-17-8-11-7-12(15)3-4-14(11)16/h3-4,7,13,17H,2,5-6,8-10H2,1H3. The molecule has 1 saturated heterocycles. The quantitative estimate of drug-likeness (QED) is 0.905. The number of ether oxygens (including phenoxy) is 1. The molecule has 1 aliphatic rings. The zero-order valence-electron chi connectivity index (χ0n) is 11.2. The highest BCUT2D eigenvalue weighted by molar-refractivity contribution is 6.33. The van der Waals surface area contributed by atoms with Crippen molar-refractivity contribution in [3.05, 3.63) is 33.8 Å². The van der Waals surface area contributed by atoms with Crippen LogP contribution in [0.25, 0.3) is 0 Å². The van der Waals surface area contributed by atoms with Crippen LogP contribution in [0.15, 0.2) is 18.2 Å². The van der Waals surface area contributed by atoms with Crippen molar-refractivity contribution in [3.8, 4) is 0 Å². The fourth-order valence-electron chi connectivity index (χ4n) is 2.24. The zero-order chi connectivity index (χ0) is 13.7. The summed E-state index contributed by atoms with van der Waals surface area (Å²) < 4.78 is 5.74. The van der Waals surface area contributed by atoms with E-state index in [9.17, 15) is 0 Å². The molecule has 1 N–H and O–H groups in total. The fourth-order valence-corrected chi connectivity index (χ4v) is 2.62. The van der Waals surface area contributed by atoms with Crippen LogP contribution >= 0.6 is 23.2 Å². The van der Waals surface area contributed by atoms with E-state index in [4.69, 9.17) is 27.9 Å². The lowest BCUT2D eigenvalue weighted by molar-refractivity contribution is -0.0253. The Morgan fingerprint density at radius 3 is 3.05 bits per heavy atom. The molecule has 1 aromatic carbocycles. The van der Waals surface area contributed by atoms with Crippen LogP contribution in [0.4, 0.5) is 0 Å². The summed E-state index contributed by atoms with van der Waals surface area (Å²) in [5, 5.41) is 4.85. The molecule has 5 heteroatoms. The van der Waals surface area contributed by atoms with Crippen molar-refractivity contribution >= 4 is 23.2 Å². The van der Waals surface area contributed by atoms with Crippen LogP contribution in [0.3, 0.4) is 0 Å². The van der Waals surface area contributed by atoms with Crippen LogP contribution in [-0.2, 0) is 11.3 Å². The third kappa shape index (κ3) is 4.62. The molecule has 0 aliphatic carbocycles. The van der Waals surface area contributed by atoms with Gasteiger partial charge in [-0.15, -0.1) is 0 Å². The van der Waals surface area contributed by atoms with Gasteiger partial charge in [-0.2, -0.15) is 0 Å². The molecular formula is C14H20Cl2N2O. The Labute approximate surface area is 124 Å². The molecule has 0 saturated carbocycles.